The van der Waals surface area contributed by atoms with Gasteiger partial charge < -0.3 is 23.5 Å². The number of amides is 1. The molecule has 0 unspecified atom stereocenters. The summed E-state index contributed by atoms with van der Waals surface area (Å²) in [7, 11) is 1.85. The van der Waals surface area contributed by atoms with Crippen LogP contribution in [-0.2, 0) is 21.3 Å². The molecule has 0 radical (unpaired) electrons. The molecular formula is C14H12N2O5S. The van der Waals surface area contributed by atoms with Crippen LogP contribution in [0, 0.1) is 0 Å². The zero-order valence-corrected chi connectivity index (χ0v) is 12.5. The van der Waals surface area contributed by atoms with E-state index in [0.29, 0.717) is 29.5 Å². The van der Waals surface area contributed by atoms with Crippen molar-refractivity contribution in [2.24, 2.45) is 12.0 Å². The highest BCUT2D eigenvalue weighted by Crippen LogP contribution is 2.36. The van der Waals surface area contributed by atoms with Gasteiger partial charge in [0.2, 0.25) is 12.6 Å². The Morgan fingerprint density at radius 2 is 2.05 bits per heavy atom. The zero-order chi connectivity index (χ0) is 15.1. The monoisotopic (exact) mass is 320 g/mol. The van der Waals surface area contributed by atoms with Crippen molar-refractivity contribution in [3.05, 3.63) is 29.0 Å². The summed E-state index contributed by atoms with van der Waals surface area (Å²) >= 11 is 1.40. The van der Waals surface area contributed by atoms with E-state index in [1.54, 1.807) is 0 Å². The number of carbonyl (C=O) groups excluding carboxylic acids is 1. The first-order chi connectivity index (χ1) is 10.7. The Kier molecular flexibility index (Phi) is 3.04. The van der Waals surface area contributed by atoms with Gasteiger partial charge in [0.05, 0.1) is 10.2 Å². The number of hydrogen-bond donors (Lipinski definition) is 0. The van der Waals surface area contributed by atoms with Crippen LogP contribution in [0.5, 0.6) is 11.5 Å². The van der Waals surface area contributed by atoms with E-state index >= 15 is 0 Å². The molecule has 0 bridgehead atoms. The molecule has 0 saturated heterocycles. The summed E-state index contributed by atoms with van der Waals surface area (Å²) in [6.07, 6.45) is 1.30. The van der Waals surface area contributed by atoms with Crippen LogP contribution < -0.4 is 14.3 Å². The highest BCUT2D eigenvalue weighted by atomic mass is 32.1. The number of thiazole rings is 1. The lowest BCUT2D eigenvalue weighted by molar-refractivity contribution is -0.119. The topological polar surface area (TPSA) is 71.3 Å². The van der Waals surface area contributed by atoms with Gasteiger partial charge >= 0.3 is 5.91 Å². The van der Waals surface area contributed by atoms with Gasteiger partial charge in [-0.2, -0.15) is 4.99 Å². The Morgan fingerprint density at radius 3 is 2.82 bits per heavy atom. The van der Waals surface area contributed by atoms with E-state index in [9.17, 15) is 4.79 Å². The minimum Gasteiger partial charge on any atom is -0.494 e. The van der Waals surface area contributed by atoms with Gasteiger partial charge in [0.25, 0.3) is 0 Å². The second-order valence-electron chi connectivity index (χ2n) is 4.74. The first-order valence-electron chi connectivity index (χ1n) is 6.65. The fourth-order valence-electron chi connectivity index (χ4n) is 2.25. The first kappa shape index (κ1) is 13.2. The van der Waals surface area contributed by atoms with Gasteiger partial charge in [-0.05, 0) is 0 Å². The largest absolute Gasteiger partial charge is 0.494 e. The van der Waals surface area contributed by atoms with E-state index in [4.69, 9.17) is 18.9 Å². The first-order valence-corrected chi connectivity index (χ1v) is 7.47. The summed E-state index contributed by atoms with van der Waals surface area (Å²) in [6, 6.07) is 3.78. The molecule has 1 amide bonds. The SMILES string of the molecule is Cn1c(=NC(=O)C2=COCCO2)sc2cc3c(cc21)OCO3. The number of fused-ring (bicyclic) bond motifs is 2. The Labute approximate surface area is 129 Å². The molecule has 0 aliphatic carbocycles. The smallest absolute Gasteiger partial charge is 0.317 e. The molecule has 4 rings (SSSR count). The van der Waals surface area contributed by atoms with Gasteiger partial charge in [-0.1, -0.05) is 11.3 Å². The second kappa shape index (κ2) is 5.06. The summed E-state index contributed by atoms with van der Waals surface area (Å²) in [5, 5.41) is 0. The van der Waals surface area contributed by atoms with Gasteiger partial charge in [0, 0.05) is 19.2 Å². The summed E-state index contributed by atoms with van der Waals surface area (Å²) in [5.41, 5.74) is 0.926. The molecule has 0 atom stereocenters. The number of aryl methyl sites for hydroxylation is 1. The van der Waals surface area contributed by atoms with Gasteiger partial charge in [0.15, 0.2) is 16.3 Å². The molecule has 2 aliphatic rings. The van der Waals surface area contributed by atoms with Crippen LogP contribution in [0.1, 0.15) is 0 Å². The van der Waals surface area contributed by atoms with Gasteiger partial charge in [-0.25, -0.2) is 0 Å². The number of ether oxygens (including phenoxy) is 4. The Bertz CT molecular complexity index is 864. The van der Waals surface area contributed by atoms with E-state index in [-0.39, 0.29) is 12.6 Å². The number of benzene rings is 1. The fourth-order valence-corrected chi connectivity index (χ4v) is 3.27. The van der Waals surface area contributed by atoms with Crippen LogP contribution in [0.3, 0.4) is 0 Å². The maximum Gasteiger partial charge on any atom is 0.317 e. The van der Waals surface area contributed by atoms with Crippen LogP contribution in [0.25, 0.3) is 10.2 Å². The third-order valence-corrected chi connectivity index (χ3v) is 4.46. The highest BCUT2D eigenvalue weighted by Gasteiger charge is 2.18. The van der Waals surface area contributed by atoms with Crippen LogP contribution in [0.4, 0.5) is 0 Å². The van der Waals surface area contributed by atoms with Crippen molar-refractivity contribution >= 4 is 27.5 Å². The Morgan fingerprint density at radius 1 is 1.23 bits per heavy atom. The van der Waals surface area contributed by atoms with E-state index in [1.165, 1.54) is 17.6 Å². The number of rotatable bonds is 1. The van der Waals surface area contributed by atoms with E-state index < -0.39 is 5.91 Å². The van der Waals surface area contributed by atoms with Crippen molar-refractivity contribution in [1.29, 1.82) is 0 Å². The third-order valence-electron chi connectivity index (χ3n) is 3.36. The lowest BCUT2D eigenvalue weighted by Gasteiger charge is -2.12. The molecule has 22 heavy (non-hydrogen) atoms. The van der Waals surface area contributed by atoms with Gasteiger partial charge in [-0.3, -0.25) is 4.79 Å². The molecule has 1 aromatic carbocycles. The fraction of sp³-hybridized carbons (Fsp3) is 0.286. The number of nitrogens with zero attached hydrogens (tertiary/aromatic N) is 2. The number of aromatic nitrogens is 1. The predicted octanol–water partition coefficient (Wildman–Crippen LogP) is 1.28. The average molecular weight is 320 g/mol. The van der Waals surface area contributed by atoms with Crippen molar-refractivity contribution in [2.75, 3.05) is 20.0 Å². The van der Waals surface area contributed by atoms with E-state index in [1.807, 2.05) is 23.7 Å². The van der Waals surface area contributed by atoms with Crippen molar-refractivity contribution in [3.63, 3.8) is 0 Å². The van der Waals surface area contributed by atoms with Crippen LogP contribution in [0.15, 0.2) is 29.1 Å². The molecule has 8 heteroatoms. The van der Waals surface area contributed by atoms with E-state index in [0.717, 1.165) is 10.2 Å². The molecule has 0 spiro atoms. The predicted molar refractivity (Wildman–Crippen MR) is 77.5 cm³/mol. The van der Waals surface area contributed by atoms with Crippen molar-refractivity contribution in [1.82, 2.24) is 4.57 Å². The second-order valence-corrected chi connectivity index (χ2v) is 5.74. The summed E-state index contributed by atoms with van der Waals surface area (Å²) in [5.74, 6) is 1.07. The minimum atomic E-state index is -0.457. The lowest BCUT2D eigenvalue weighted by atomic mass is 10.3. The molecule has 2 aliphatic heterocycles. The summed E-state index contributed by atoms with van der Waals surface area (Å²) in [6.45, 7) is 1.03. The minimum absolute atomic E-state index is 0.123. The number of carbonyl (C=O) groups is 1. The molecule has 1 aromatic heterocycles. The van der Waals surface area contributed by atoms with Crippen LogP contribution in [-0.4, -0.2) is 30.5 Å². The molecule has 7 nitrogen and oxygen atoms in total. The lowest BCUT2D eigenvalue weighted by Crippen LogP contribution is -2.18. The third kappa shape index (κ3) is 2.12. The molecule has 0 saturated carbocycles. The summed E-state index contributed by atoms with van der Waals surface area (Å²) < 4.78 is 23.9. The van der Waals surface area contributed by atoms with Crippen molar-refractivity contribution in [3.8, 4) is 11.5 Å². The quantitative estimate of drug-likeness (QED) is 0.792. The molecule has 2 aromatic rings. The maximum atomic E-state index is 12.1. The van der Waals surface area contributed by atoms with Crippen molar-refractivity contribution < 1.29 is 23.7 Å². The molecule has 0 fully saturated rings. The molecule has 3 heterocycles. The summed E-state index contributed by atoms with van der Waals surface area (Å²) in [4.78, 5) is 16.8. The van der Waals surface area contributed by atoms with Crippen LogP contribution in [0.2, 0.25) is 0 Å². The number of hydrogen-bond acceptors (Lipinski definition) is 6. The average Bonchev–Trinajstić information content (AvgIpc) is 3.11. The van der Waals surface area contributed by atoms with Gasteiger partial charge in [0.1, 0.15) is 19.5 Å². The molecule has 114 valence electrons. The Hall–Kier alpha value is -2.48. The van der Waals surface area contributed by atoms with Crippen molar-refractivity contribution in [2.45, 2.75) is 0 Å². The van der Waals surface area contributed by atoms with Gasteiger partial charge in [-0.15, -0.1) is 0 Å². The van der Waals surface area contributed by atoms with Crippen LogP contribution >= 0.6 is 11.3 Å². The molecular weight excluding hydrogens is 308 g/mol. The Balaban J connectivity index is 1.78. The zero-order valence-electron chi connectivity index (χ0n) is 11.7. The maximum absolute atomic E-state index is 12.1. The normalized spacial score (nSPS) is 17.1. The standard InChI is InChI=1S/C14H12N2O5S/c1-16-8-4-9-10(21-7-20-9)5-12(8)22-14(16)15-13(17)11-6-18-2-3-19-11/h4-6H,2-3,7H2,1H3. The molecule has 0 N–H and O–H groups in total. The highest BCUT2D eigenvalue weighted by molar-refractivity contribution is 7.16. The van der Waals surface area contributed by atoms with E-state index in [2.05, 4.69) is 4.99 Å².